The lowest BCUT2D eigenvalue weighted by Crippen LogP contribution is -2.41. The monoisotopic (exact) mass is 280 g/mol. The van der Waals surface area contributed by atoms with Crippen molar-refractivity contribution in [3.05, 3.63) is 28.3 Å². The second kappa shape index (κ2) is 5.09. The van der Waals surface area contributed by atoms with Crippen LogP contribution in [0.2, 0.25) is 0 Å². The maximum atomic E-state index is 11.9. The van der Waals surface area contributed by atoms with E-state index in [0.29, 0.717) is 17.9 Å². The van der Waals surface area contributed by atoms with E-state index in [1.54, 1.807) is 13.8 Å². The SMILES string of the molecule is CC(C)(O)CCN1C(=O)COc2ccc([N+](=O)[O-])cc21. The number of hydrogen-bond donors (Lipinski definition) is 1. The van der Waals surface area contributed by atoms with E-state index in [9.17, 15) is 20.0 Å². The van der Waals surface area contributed by atoms with Gasteiger partial charge in [-0.2, -0.15) is 0 Å². The molecule has 7 heteroatoms. The summed E-state index contributed by atoms with van der Waals surface area (Å²) in [6, 6.07) is 4.14. The summed E-state index contributed by atoms with van der Waals surface area (Å²) in [6.07, 6.45) is 0.362. The van der Waals surface area contributed by atoms with Crippen molar-refractivity contribution in [2.24, 2.45) is 0 Å². The predicted octanol–water partition coefficient (Wildman–Crippen LogP) is 1.48. The van der Waals surface area contributed by atoms with Crippen molar-refractivity contribution in [3.8, 4) is 5.75 Å². The van der Waals surface area contributed by atoms with Crippen molar-refractivity contribution in [1.29, 1.82) is 0 Å². The van der Waals surface area contributed by atoms with Crippen LogP contribution in [0.25, 0.3) is 0 Å². The number of fused-ring (bicyclic) bond motifs is 1. The van der Waals surface area contributed by atoms with Gasteiger partial charge in [0.15, 0.2) is 6.61 Å². The molecular weight excluding hydrogens is 264 g/mol. The number of benzene rings is 1. The van der Waals surface area contributed by atoms with Gasteiger partial charge in [0, 0.05) is 18.7 Å². The summed E-state index contributed by atoms with van der Waals surface area (Å²) in [5, 5.41) is 20.6. The highest BCUT2D eigenvalue weighted by Crippen LogP contribution is 2.35. The molecule has 0 saturated heterocycles. The smallest absolute Gasteiger partial charge is 0.271 e. The highest BCUT2D eigenvalue weighted by Gasteiger charge is 2.28. The van der Waals surface area contributed by atoms with Gasteiger partial charge < -0.3 is 14.7 Å². The molecule has 0 atom stereocenters. The summed E-state index contributed by atoms with van der Waals surface area (Å²) >= 11 is 0. The Morgan fingerprint density at radius 3 is 2.80 bits per heavy atom. The van der Waals surface area contributed by atoms with Crippen LogP contribution in [-0.4, -0.2) is 34.7 Å². The zero-order chi connectivity index (χ0) is 14.9. The maximum Gasteiger partial charge on any atom is 0.271 e. The van der Waals surface area contributed by atoms with Crippen molar-refractivity contribution in [3.63, 3.8) is 0 Å². The van der Waals surface area contributed by atoms with Crippen LogP contribution in [0.15, 0.2) is 18.2 Å². The number of carbonyl (C=O) groups is 1. The van der Waals surface area contributed by atoms with Gasteiger partial charge >= 0.3 is 0 Å². The summed E-state index contributed by atoms with van der Waals surface area (Å²) in [5.74, 6) is 0.160. The van der Waals surface area contributed by atoms with Crippen molar-refractivity contribution in [2.75, 3.05) is 18.1 Å². The number of ether oxygens (including phenoxy) is 1. The Labute approximate surface area is 115 Å². The molecule has 2 rings (SSSR count). The van der Waals surface area contributed by atoms with Gasteiger partial charge in [0.05, 0.1) is 16.2 Å². The van der Waals surface area contributed by atoms with Crippen LogP contribution in [0, 0.1) is 10.1 Å². The van der Waals surface area contributed by atoms with Gasteiger partial charge in [-0.05, 0) is 26.3 Å². The van der Waals surface area contributed by atoms with Crippen molar-refractivity contribution < 1.29 is 19.6 Å². The van der Waals surface area contributed by atoms with Gasteiger partial charge in [-0.3, -0.25) is 14.9 Å². The van der Waals surface area contributed by atoms with E-state index >= 15 is 0 Å². The van der Waals surface area contributed by atoms with Crippen LogP contribution >= 0.6 is 0 Å². The van der Waals surface area contributed by atoms with Gasteiger partial charge in [-0.1, -0.05) is 0 Å². The van der Waals surface area contributed by atoms with Crippen molar-refractivity contribution in [2.45, 2.75) is 25.9 Å². The summed E-state index contributed by atoms with van der Waals surface area (Å²) in [6.45, 7) is 3.47. The zero-order valence-corrected chi connectivity index (χ0v) is 11.3. The van der Waals surface area contributed by atoms with Crippen LogP contribution in [0.1, 0.15) is 20.3 Å². The quantitative estimate of drug-likeness (QED) is 0.666. The van der Waals surface area contributed by atoms with E-state index in [2.05, 4.69) is 0 Å². The van der Waals surface area contributed by atoms with E-state index < -0.39 is 10.5 Å². The molecule has 7 nitrogen and oxygen atoms in total. The number of hydrogen-bond acceptors (Lipinski definition) is 5. The molecule has 0 saturated carbocycles. The average molecular weight is 280 g/mol. The lowest BCUT2D eigenvalue weighted by atomic mass is 10.0. The number of non-ortho nitro benzene ring substituents is 1. The molecule has 0 bridgehead atoms. The summed E-state index contributed by atoms with van der Waals surface area (Å²) in [7, 11) is 0. The number of nitro groups is 1. The Bertz CT molecular complexity index is 550. The predicted molar refractivity (Wildman–Crippen MR) is 71.9 cm³/mol. The first-order valence-electron chi connectivity index (χ1n) is 6.22. The first kappa shape index (κ1) is 14.3. The molecule has 1 aliphatic rings. The molecule has 1 aromatic rings. The number of rotatable bonds is 4. The largest absolute Gasteiger partial charge is 0.482 e. The molecule has 0 unspecified atom stereocenters. The number of anilines is 1. The Morgan fingerprint density at radius 1 is 1.50 bits per heavy atom. The topological polar surface area (TPSA) is 92.9 Å². The van der Waals surface area contributed by atoms with E-state index in [0.717, 1.165) is 0 Å². The number of nitrogens with zero attached hydrogens (tertiary/aromatic N) is 2. The minimum Gasteiger partial charge on any atom is -0.482 e. The standard InChI is InChI=1S/C13H16N2O5/c1-13(2,17)5-6-14-10-7-9(15(18)19)3-4-11(10)20-8-12(14)16/h3-4,7,17H,5-6,8H2,1-2H3. The highest BCUT2D eigenvalue weighted by molar-refractivity contribution is 5.98. The number of carbonyl (C=O) groups excluding carboxylic acids is 1. The molecule has 1 heterocycles. The molecule has 0 radical (unpaired) electrons. The normalized spacial score (nSPS) is 14.8. The number of aliphatic hydroxyl groups is 1. The first-order chi connectivity index (χ1) is 9.28. The number of nitro benzene ring substituents is 1. The van der Waals surface area contributed by atoms with Crippen LogP contribution in [0.4, 0.5) is 11.4 Å². The van der Waals surface area contributed by atoms with E-state index in [1.807, 2.05) is 0 Å². The lowest BCUT2D eigenvalue weighted by Gasteiger charge is -2.31. The average Bonchev–Trinajstić information content (AvgIpc) is 2.35. The zero-order valence-electron chi connectivity index (χ0n) is 11.3. The van der Waals surface area contributed by atoms with E-state index in [-0.39, 0.29) is 24.7 Å². The molecule has 20 heavy (non-hydrogen) atoms. The third-order valence-electron chi connectivity index (χ3n) is 3.04. The third-order valence-corrected chi connectivity index (χ3v) is 3.04. The van der Waals surface area contributed by atoms with E-state index in [4.69, 9.17) is 4.74 Å². The molecule has 0 aromatic heterocycles. The minimum absolute atomic E-state index is 0.101. The molecule has 1 N–H and O–H groups in total. The molecule has 0 spiro atoms. The molecule has 0 aliphatic carbocycles. The van der Waals surface area contributed by atoms with Gasteiger partial charge in [0.2, 0.25) is 0 Å². The summed E-state index contributed by atoms with van der Waals surface area (Å²) in [5.41, 5.74) is -0.644. The third kappa shape index (κ3) is 3.05. The maximum absolute atomic E-state index is 11.9. The van der Waals surface area contributed by atoms with Gasteiger partial charge in [0.1, 0.15) is 5.75 Å². The molecular formula is C13H16N2O5. The van der Waals surface area contributed by atoms with Gasteiger partial charge in [-0.15, -0.1) is 0 Å². The highest BCUT2D eigenvalue weighted by atomic mass is 16.6. The molecule has 0 fully saturated rings. The Kier molecular flexibility index (Phi) is 3.63. The lowest BCUT2D eigenvalue weighted by molar-refractivity contribution is -0.384. The summed E-state index contributed by atoms with van der Waals surface area (Å²) < 4.78 is 5.26. The Balaban J connectivity index is 2.31. The van der Waals surface area contributed by atoms with Gasteiger partial charge in [-0.25, -0.2) is 0 Å². The fourth-order valence-electron chi connectivity index (χ4n) is 1.93. The molecule has 1 aliphatic heterocycles. The van der Waals surface area contributed by atoms with E-state index in [1.165, 1.54) is 23.1 Å². The van der Waals surface area contributed by atoms with Crippen LogP contribution in [0.3, 0.4) is 0 Å². The van der Waals surface area contributed by atoms with Crippen LogP contribution in [0.5, 0.6) is 5.75 Å². The number of amides is 1. The second-order valence-corrected chi connectivity index (χ2v) is 5.31. The minimum atomic E-state index is -0.917. The van der Waals surface area contributed by atoms with Gasteiger partial charge in [0.25, 0.3) is 11.6 Å². The Morgan fingerprint density at radius 2 is 2.20 bits per heavy atom. The second-order valence-electron chi connectivity index (χ2n) is 5.31. The Hall–Kier alpha value is -2.15. The van der Waals surface area contributed by atoms with Crippen LogP contribution in [-0.2, 0) is 4.79 Å². The molecule has 108 valence electrons. The summed E-state index contributed by atoms with van der Waals surface area (Å²) in [4.78, 5) is 23.6. The fourth-order valence-corrected chi connectivity index (χ4v) is 1.93. The fraction of sp³-hybridized carbons (Fsp3) is 0.462. The first-order valence-corrected chi connectivity index (χ1v) is 6.22. The van der Waals surface area contributed by atoms with Crippen molar-refractivity contribution >= 4 is 17.3 Å². The molecule has 1 amide bonds. The molecule has 1 aromatic carbocycles. The van der Waals surface area contributed by atoms with Crippen LogP contribution < -0.4 is 9.64 Å². The van der Waals surface area contributed by atoms with Crippen molar-refractivity contribution in [1.82, 2.24) is 0 Å².